The van der Waals surface area contributed by atoms with Gasteiger partial charge in [-0.3, -0.25) is 9.69 Å². The SMILES string of the molecule is CCCSc1nc(N)c(NC)c(N(C=O)Cc2ccc(F)cc2F)n1. The average Bonchev–Trinajstić information content (AvgIpc) is 2.59. The molecule has 0 bridgehead atoms. The minimum absolute atomic E-state index is 0.112. The molecule has 1 heterocycles. The zero-order valence-corrected chi connectivity index (χ0v) is 14.7. The Labute approximate surface area is 148 Å². The third-order valence-electron chi connectivity index (χ3n) is 3.34. The molecule has 0 saturated heterocycles. The number of nitrogen functional groups attached to an aromatic ring is 1. The molecule has 0 aliphatic heterocycles. The predicted octanol–water partition coefficient (Wildman–Crippen LogP) is 3.04. The van der Waals surface area contributed by atoms with Crippen LogP contribution in [0.1, 0.15) is 18.9 Å². The Bertz CT molecular complexity index is 760. The van der Waals surface area contributed by atoms with Gasteiger partial charge in [-0.15, -0.1) is 0 Å². The van der Waals surface area contributed by atoms with E-state index in [-0.39, 0.29) is 23.7 Å². The van der Waals surface area contributed by atoms with E-state index in [0.29, 0.717) is 17.3 Å². The largest absolute Gasteiger partial charge is 0.382 e. The van der Waals surface area contributed by atoms with Crippen LogP contribution in [0, 0.1) is 11.6 Å². The fourth-order valence-corrected chi connectivity index (χ4v) is 2.85. The van der Waals surface area contributed by atoms with Crippen LogP contribution in [0.15, 0.2) is 23.4 Å². The first-order chi connectivity index (χ1) is 12.0. The normalized spacial score (nSPS) is 10.6. The van der Waals surface area contributed by atoms with Gasteiger partial charge in [0.1, 0.15) is 17.3 Å². The number of hydrogen-bond acceptors (Lipinski definition) is 6. The smallest absolute Gasteiger partial charge is 0.215 e. The van der Waals surface area contributed by atoms with E-state index in [4.69, 9.17) is 5.73 Å². The molecule has 1 amide bonds. The number of anilines is 3. The van der Waals surface area contributed by atoms with Gasteiger partial charge in [0.2, 0.25) is 6.41 Å². The van der Waals surface area contributed by atoms with Crippen LogP contribution in [0.2, 0.25) is 0 Å². The molecule has 0 aliphatic rings. The van der Waals surface area contributed by atoms with E-state index in [2.05, 4.69) is 15.3 Å². The van der Waals surface area contributed by atoms with Crippen molar-refractivity contribution in [2.75, 3.05) is 28.8 Å². The van der Waals surface area contributed by atoms with Gasteiger partial charge in [0.15, 0.2) is 16.8 Å². The second kappa shape index (κ2) is 8.61. The highest BCUT2D eigenvalue weighted by molar-refractivity contribution is 7.99. The molecule has 25 heavy (non-hydrogen) atoms. The fraction of sp³-hybridized carbons (Fsp3) is 0.312. The van der Waals surface area contributed by atoms with Crippen LogP contribution in [-0.2, 0) is 11.3 Å². The molecular formula is C16H19F2N5OS. The van der Waals surface area contributed by atoms with Crippen molar-refractivity contribution in [1.29, 1.82) is 0 Å². The van der Waals surface area contributed by atoms with Crippen molar-refractivity contribution < 1.29 is 13.6 Å². The van der Waals surface area contributed by atoms with E-state index in [1.807, 2.05) is 6.92 Å². The number of amides is 1. The van der Waals surface area contributed by atoms with E-state index < -0.39 is 11.6 Å². The second-order valence-corrected chi connectivity index (χ2v) is 6.22. The molecule has 1 aromatic carbocycles. The first-order valence-corrected chi connectivity index (χ1v) is 8.62. The van der Waals surface area contributed by atoms with Crippen LogP contribution in [0.5, 0.6) is 0 Å². The number of thioether (sulfide) groups is 1. The van der Waals surface area contributed by atoms with Crippen molar-refractivity contribution in [1.82, 2.24) is 9.97 Å². The highest BCUT2D eigenvalue weighted by atomic mass is 32.2. The third kappa shape index (κ3) is 4.56. The molecular weight excluding hydrogens is 348 g/mol. The molecule has 0 saturated carbocycles. The molecule has 2 rings (SSSR count). The molecule has 0 radical (unpaired) electrons. The van der Waals surface area contributed by atoms with E-state index >= 15 is 0 Å². The van der Waals surface area contributed by atoms with Gasteiger partial charge < -0.3 is 11.1 Å². The number of carbonyl (C=O) groups excluding carboxylic acids is 1. The van der Waals surface area contributed by atoms with Crippen LogP contribution in [-0.4, -0.2) is 29.2 Å². The molecule has 0 fully saturated rings. The number of nitrogens with zero attached hydrogens (tertiary/aromatic N) is 3. The van der Waals surface area contributed by atoms with Crippen LogP contribution in [0.4, 0.5) is 26.1 Å². The number of halogens is 2. The van der Waals surface area contributed by atoms with Crippen LogP contribution >= 0.6 is 11.8 Å². The summed E-state index contributed by atoms with van der Waals surface area (Å²) in [4.78, 5) is 21.4. The molecule has 0 atom stereocenters. The van der Waals surface area contributed by atoms with Crippen molar-refractivity contribution >= 4 is 35.5 Å². The molecule has 0 spiro atoms. The van der Waals surface area contributed by atoms with Gasteiger partial charge in [0, 0.05) is 24.4 Å². The molecule has 0 unspecified atom stereocenters. The van der Waals surface area contributed by atoms with Crippen molar-refractivity contribution in [3.63, 3.8) is 0 Å². The zero-order chi connectivity index (χ0) is 18.4. The van der Waals surface area contributed by atoms with Gasteiger partial charge >= 0.3 is 0 Å². The lowest BCUT2D eigenvalue weighted by molar-refractivity contribution is -0.107. The number of benzene rings is 1. The fourth-order valence-electron chi connectivity index (χ4n) is 2.15. The number of hydrogen-bond donors (Lipinski definition) is 2. The molecule has 134 valence electrons. The minimum Gasteiger partial charge on any atom is -0.382 e. The summed E-state index contributed by atoms with van der Waals surface area (Å²) in [7, 11) is 1.62. The Kier molecular flexibility index (Phi) is 6.51. The summed E-state index contributed by atoms with van der Waals surface area (Å²) in [5, 5.41) is 3.29. The van der Waals surface area contributed by atoms with Gasteiger partial charge in [0.25, 0.3) is 0 Å². The Hall–Kier alpha value is -2.42. The maximum atomic E-state index is 13.9. The maximum Gasteiger partial charge on any atom is 0.215 e. The van der Waals surface area contributed by atoms with Crippen molar-refractivity contribution in [2.45, 2.75) is 25.0 Å². The topological polar surface area (TPSA) is 84.1 Å². The highest BCUT2D eigenvalue weighted by Crippen LogP contribution is 2.31. The summed E-state index contributed by atoms with van der Waals surface area (Å²) in [6.07, 6.45) is 1.45. The minimum atomic E-state index is -0.736. The zero-order valence-electron chi connectivity index (χ0n) is 13.9. The molecule has 1 aromatic heterocycles. The quantitative estimate of drug-likeness (QED) is 0.424. The second-order valence-electron chi connectivity index (χ2n) is 5.16. The van der Waals surface area contributed by atoms with Gasteiger partial charge in [-0.05, 0) is 12.5 Å². The average molecular weight is 367 g/mol. The monoisotopic (exact) mass is 367 g/mol. The van der Waals surface area contributed by atoms with E-state index in [1.54, 1.807) is 7.05 Å². The van der Waals surface area contributed by atoms with Gasteiger partial charge in [-0.1, -0.05) is 24.8 Å². The molecule has 3 N–H and O–H groups in total. The van der Waals surface area contributed by atoms with Crippen LogP contribution < -0.4 is 16.0 Å². The summed E-state index contributed by atoms with van der Waals surface area (Å²) in [6, 6.07) is 3.20. The maximum absolute atomic E-state index is 13.9. The lowest BCUT2D eigenvalue weighted by Crippen LogP contribution is -2.24. The van der Waals surface area contributed by atoms with Gasteiger partial charge in [-0.25, -0.2) is 18.7 Å². The summed E-state index contributed by atoms with van der Waals surface area (Å²) in [5.74, 6) is -0.185. The summed E-state index contributed by atoms with van der Waals surface area (Å²) >= 11 is 1.41. The van der Waals surface area contributed by atoms with Crippen molar-refractivity contribution in [3.8, 4) is 0 Å². The van der Waals surface area contributed by atoms with E-state index in [0.717, 1.165) is 24.3 Å². The van der Waals surface area contributed by atoms with Crippen LogP contribution in [0.25, 0.3) is 0 Å². The van der Waals surface area contributed by atoms with Gasteiger partial charge in [-0.2, -0.15) is 0 Å². The number of aromatic nitrogens is 2. The lowest BCUT2D eigenvalue weighted by Gasteiger charge is -2.21. The first kappa shape index (κ1) is 18.9. The Balaban J connectivity index is 2.40. The van der Waals surface area contributed by atoms with Gasteiger partial charge in [0.05, 0.1) is 6.54 Å². The predicted molar refractivity (Wildman–Crippen MR) is 95.6 cm³/mol. The van der Waals surface area contributed by atoms with Crippen LogP contribution in [0.3, 0.4) is 0 Å². The Morgan fingerprint density at radius 1 is 1.36 bits per heavy atom. The molecule has 9 heteroatoms. The molecule has 6 nitrogen and oxygen atoms in total. The number of nitrogens with two attached hydrogens (primary N) is 1. The summed E-state index contributed by atoms with van der Waals surface area (Å²) in [6.45, 7) is 1.91. The molecule has 2 aromatic rings. The van der Waals surface area contributed by atoms with Crippen molar-refractivity contribution in [2.24, 2.45) is 0 Å². The summed E-state index contributed by atoms with van der Waals surface area (Å²) < 4.78 is 27.0. The first-order valence-electron chi connectivity index (χ1n) is 7.64. The standard InChI is InChI=1S/C16H19F2N5OS/c1-3-6-25-16-21-14(19)13(20-2)15(22-16)23(9-24)8-10-4-5-11(17)7-12(10)18/h4-5,7,9,20H,3,6,8H2,1-2H3,(H2,19,21,22). The highest BCUT2D eigenvalue weighted by Gasteiger charge is 2.19. The lowest BCUT2D eigenvalue weighted by atomic mass is 10.2. The number of nitrogens with one attached hydrogen (secondary N) is 1. The summed E-state index contributed by atoms with van der Waals surface area (Å²) in [5.41, 5.74) is 6.48. The number of rotatable bonds is 8. The molecule has 0 aliphatic carbocycles. The Morgan fingerprint density at radius 3 is 2.72 bits per heavy atom. The number of carbonyl (C=O) groups is 1. The third-order valence-corrected chi connectivity index (χ3v) is 4.39. The van der Waals surface area contributed by atoms with Crippen molar-refractivity contribution in [3.05, 3.63) is 35.4 Å². The van der Waals surface area contributed by atoms with E-state index in [9.17, 15) is 13.6 Å². The van der Waals surface area contributed by atoms with E-state index in [1.165, 1.54) is 22.7 Å². The Morgan fingerprint density at radius 2 is 2.12 bits per heavy atom.